The Kier molecular flexibility index (Phi) is 4.08. The molecule has 8 heteroatoms. The number of pyridine rings is 1. The van der Waals surface area contributed by atoms with E-state index in [2.05, 4.69) is 41.1 Å². The van der Waals surface area contributed by atoms with Gasteiger partial charge in [0.2, 0.25) is 0 Å². The molecule has 1 aliphatic heterocycles. The van der Waals surface area contributed by atoms with E-state index in [1.54, 1.807) is 6.20 Å². The molecular formula is C20H20N8. The quantitative estimate of drug-likeness (QED) is 0.546. The van der Waals surface area contributed by atoms with Gasteiger partial charge in [-0.05, 0) is 37.3 Å². The molecule has 0 N–H and O–H groups in total. The molecule has 4 aromatic heterocycles. The highest BCUT2D eigenvalue weighted by atomic mass is 15.3. The number of anilines is 2. The van der Waals surface area contributed by atoms with Gasteiger partial charge >= 0.3 is 0 Å². The van der Waals surface area contributed by atoms with Gasteiger partial charge in [-0.25, -0.2) is 9.50 Å². The summed E-state index contributed by atoms with van der Waals surface area (Å²) in [6.45, 7) is 5.49. The number of aryl methyl sites for hydroxylation is 1. The topological polar surface area (TPSA) is 75.3 Å². The Bertz CT molecular complexity index is 1080. The van der Waals surface area contributed by atoms with E-state index >= 15 is 0 Å². The summed E-state index contributed by atoms with van der Waals surface area (Å²) in [4.78, 5) is 13.5. The molecule has 1 aliphatic rings. The summed E-state index contributed by atoms with van der Waals surface area (Å²) in [6, 6.07) is 11.9. The maximum Gasteiger partial charge on any atom is 0.154 e. The second kappa shape index (κ2) is 6.88. The van der Waals surface area contributed by atoms with Gasteiger partial charge in [0.25, 0.3) is 0 Å². The van der Waals surface area contributed by atoms with Gasteiger partial charge in [-0.1, -0.05) is 6.07 Å². The highest BCUT2D eigenvalue weighted by molar-refractivity contribution is 5.69. The number of hydrogen-bond acceptors (Lipinski definition) is 7. The molecule has 0 aromatic carbocycles. The van der Waals surface area contributed by atoms with Crippen molar-refractivity contribution in [1.82, 2.24) is 29.8 Å². The van der Waals surface area contributed by atoms with Crippen LogP contribution in [0.3, 0.4) is 0 Å². The van der Waals surface area contributed by atoms with Crippen molar-refractivity contribution >= 4 is 17.2 Å². The zero-order valence-electron chi connectivity index (χ0n) is 15.6. The second-order valence-electron chi connectivity index (χ2n) is 6.83. The fourth-order valence-electron chi connectivity index (χ4n) is 3.57. The Labute approximate surface area is 162 Å². The molecule has 0 spiro atoms. The molecule has 8 nitrogen and oxygen atoms in total. The predicted octanol–water partition coefficient (Wildman–Crippen LogP) is 2.22. The van der Waals surface area contributed by atoms with Crippen LogP contribution in [0.1, 0.15) is 5.69 Å². The molecular weight excluding hydrogens is 352 g/mol. The van der Waals surface area contributed by atoms with Gasteiger partial charge in [0.1, 0.15) is 11.2 Å². The maximum atomic E-state index is 4.60. The molecule has 0 bridgehead atoms. The Hall–Kier alpha value is -3.55. The van der Waals surface area contributed by atoms with E-state index in [9.17, 15) is 0 Å². The molecule has 1 fully saturated rings. The van der Waals surface area contributed by atoms with Crippen LogP contribution in [-0.4, -0.2) is 56.0 Å². The molecule has 0 amide bonds. The molecule has 0 atom stereocenters. The lowest BCUT2D eigenvalue weighted by Gasteiger charge is -2.35. The normalized spacial score (nSPS) is 14.6. The number of nitrogens with zero attached hydrogens (tertiary/aromatic N) is 8. The van der Waals surface area contributed by atoms with Crippen molar-refractivity contribution in [3.05, 3.63) is 60.7 Å². The van der Waals surface area contributed by atoms with Gasteiger partial charge in [-0.2, -0.15) is 5.10 Å². The van der Waals surface area contributed by atoms with Gasteiger partial charge in [0, 0.05) is 44.8 Å². The van der Waals surface area contributed by atoms with Crippen LogP contribution < -0.4 is 9.80 Å². The lowest BCUT2D eigenvalue weighted by molar-refractivity contribution is 0.638. The average molecular weight is 372 g/mol. The van der Waals surface area contributed by atoms with E-state index < -0.39 is 0 Å². The minimum Gasteiger partial charge on any atom is -0.352 e. The van der Waals surface area contributed by atoms with E-state index in [0.717, 1.165) is 60.4 Å². The molecule has 28 heavy (non-hydrogen) atoms. The summed E-state index contributed by atoms with van der Waals surface area (Å²) in [6.07, 6.45) is 5.46. The molecule has 4 aromatic rings. The van der Waals surface area contributed by atoms with Gasteiger partial charge in [-0.3, -0.25) is 4.98 Å². The monoisotopic (exact) mass is 372 g/mol. The van der Waals surface area contributed by atoms with Crippen molar-refractivity contribution < 1.29 is 0 Å². The first-order valence-electron chi connectivity index (χ1n) is 9.34. The minimum atomic E-state index is 0.787. The van der Waals surface area contributed by atoms with Crippen molar-refractivity contribution in [1.29, 1.82) is 0 Å². The van der Waals surface area contributed by atoms with Crippen molar-refractivity contribution in [3.8, 4) is 11.4 Å². The Morgan fingerprint density at radius 2 is 1.68 bits per heavy atom. The molecule has 0 unspecified atom stereocenters. The van der Waals surface area contributed by atoms with Crippen LogP contribution in [0.25, 0.3) is 16.9 Å². The number of aromatic nitrogens is 6. The van der Waals surface area contributed by atoms with Crippen LogP contribution in [0.5, 0.6) is 0 Å². The van der Waals surface area contributed by atoms with Crippen LogP contribution in [0.4, 0.5) is 11.6 Å². The fourth-order valence-corrected chi connectivity index (χ4v) is 3.57. The predicted molar refractivity (Wildman–Crippen MR) is 107 cm³/mol. The second-order valence-corrected chi connectivity index (χ2v) is 6.83. The zero-order chi connectivity index (χ0) is 18.9. The zero-order valence-corrected chi connectivity index (χ0v) is 15.6. The molecule has 0 radical (unpaired) electrons. The fraction of sp³-hybridized carbons (Fsp3) is 0.250. The third-order valence-electron chi connectivity index (χ3n) is 4.97. The molecule has 5 rings (SSSR count). The molecule has 140 valence electrons. The average Bonchev–Trinajstić information content (AvgIpc) is 3.15. The minimum absolute atomic E-state index is 0.787. The summed E-state index contributed by atoms with van der Waals surface area (Å²) >= 11 is 0. The summed E-state index contributed by atoms with van der Waals surface area (Å²) in [5.41, 5.74) is 3.67. The van der Waals surface area contributed by atoms with Gasteiger partial charge in [0.05, 0.1) is 11.4 Å². The maximum absolute atomic E-state index is 4.60. The van der Waals surface area contributed by atoms with E-state index in [0.29, 0.717) is 0 Å². The Morgan fingerprint density at radius 1 is 0.821 bits per heavy atom. The van der Waals surface area contributed by atoms with Gasteiger partial charge < -0.3 is 9.80 Å². The van der Waals surface area contributed by atoms with Crippen molar-refractivity contribution in [2.75, 3.05) is 36.0 Å². The lowest BCUT2D eigenvalue weighted by Crippen LogP contribution is -2.47. The standard InChI is InChI=1S/C20H20N8/c1-15-14-18-20(22-8-9-28(18)25-15)27-12-10-26(11-13-27)19-6-5-17(23-24-19)16-4-2-3-7-21-16/h2-9,14H,10-13H2,1H3. The SMILES string of the molecule is Cc1cc2c(N3CCN(c4ccc(-c5ccccn5)nn4)CC3)nccn2n1. The van der Waals surface area contributed by atoms with Crippen LogP contribution in [-0.2, 0) is 0 Å². The Balaban J connectivity index is 1.30. The first-order chi connectivity index (χ1) is 13.8. The van der Waals surface area contributed by atoms with Crippen LogP contribution >= 0.6 is 0 Å². The third kappa shape index (κ3) is 3.02. The number of fused-ring (bicyclic) bond motifs is 1. The lowest BCUT2D eigenvalue weighted by atomic mass is 10.2. The van der Waals surface area contributed by atoms with Crippen molar-refractivity contribution in [2.24, 2.45) is 0 Å². The smallest absolute Gasteiger partial charge is 0.154 e. The van der Waals surface area contributed by atoms with E-state index in [1.165, 1.54) is 0 Å². The Morgan fingerprint density at radius 3 is 2.43 bits per heavy atom. The molecule has 5 heterocycles. The summed E-state index contributed by atoms with van der Waals surface area (Å²) in [5, 5.41) is 13.3. The first-order valence-corrected chi connectivity index (χ1v) is 9.34. The van der Waals surface area contributed by atoms with Crippen molar-refractivity contribution in [2.45, 2.75) is 6.92 Å². The highest BCUT2D eigenvalue weighted by Gasteiger charge is 2.21. The van der Waals surface area contributed by atoms with Gasteiger partial charge in [-0.15, -0.1) is 10.2 Å². The summed E-state index contributed by atoms with van der Waals surface area (Å²) in [5.74, 6) is 1.88. The molecule has 0 saturated carbocycles. The van der Waals surface area contributed by atoms with Crippen molar-refractivity contribution in [3.63, 3.8) is 0 Å². The van der Waals surface area contributed by atoms with Gasteiger partial charge in [0.15, 0.2) is 11.6 Å². The third-order valence-corrected chi connectivity index (χ3v) is 4.97. The number of rotatable bonds is 3. The first kappa shape index (κ1) is 16.6. The number of hydrogen-bond donors (Lipinski definition) is 0. The largest absolute Gasteiger partial charge is 0.352 e. The number of piperazine rings is 1. The van der Waals surface area contributed by atoms with E-state index in [-0.39, 0.29) is 0 Å². The summed E-state index contributed by atoms with van der Waals surface area (Å²) < 4.78 is 1.89. The summed E-state index contributed by atoms with van der Waals surface area (Å²) in [7, 11) is 0. The van der Waals surface area contributed by atoms with Crippen LogP contribution in [0.2, 0.25) is 0 Å². The highest BCUT2D eigenvalue weighted by Crippen LogP contribution is 2.23. The van der Waals surface area contributed by atoms with Crippen LogP contribution in [0.15, 0.2) is 55.0 Å². The van der Waals surface area contributed by atoms with Crippen LogP contribution in [0, 0.1) is 6.92 Å². The van der Waals surface area contributed by atoms with E-state index in [1.807, 2.05) is 54.2 Å². The molecule has 1 saturated heterocycles. The van der Waals surface area contributed by atoms with E-state index in [4.69, 9.17) is 0 Å². The molecule has 0 aliphatic carbocycles.